The first-order chi connectivity index (χ1) is 5.14. The highest BCUT2D eigenvalue weighted by atomic mass is 32.1. The lowest BCUT2D eigenvalue weighted by Crippen LogP contribution is -2.24. The topological polar surface area (TPSA) is 9.23 Å². The minimum atomic E-state index is -0.0230. The second kappa shape index (κ2) is 3.37. The Hall–Kier alpha value is -0.340. The van der Waals surface area contributed by atoms with Gasteiger partial charge in [-0.1, -0.05) is 6.07 Å². The molecule has 0 bridgehead atoms. The van der Waals surface area contributed by atoms with E-state index in [1.165, 1.54) is 4.88 Å². The molecule has 0 saturated heterocycles. The summed E-state index contributed by atoms with van der Waals surface area (Å²) in [6.45, 7) is 4.21. The van der Waals surface area contributed by atoms with Gasteiger partial charge in [-0.25, -0.2) is 0 Å². The summed E-state index contributed by atoms with van der Waals surface area (Å²) in [6, 6.07) is 4.22. The van der Waals surface area contributed by atoms with E-state index in [4.69, 9.17) is 4.74 Å². The standard InChI is InChI=1S/C9H14OS/c1-9(2,10-3)7-8-5-4-6-11-8/h4-6H,7H2,1-3H3. The van der Waals surface area contributed by atoms with Crippen LogP contribution in [0.4, 0.5) is 0 Å². The van der Waals surface area contributed by atoms with Crippen molar-refractivity contribution >= 4 is 11.3 Å². The fourth-order valence-electron chi connectivity index (χ4n) is 0.905. The zero-order valence-corrected chi connectivity index (χ0v) is 8.07. The largest absolute Gasteiger partial charge is 0.378 e. The summed E-state index contributed by atoms with van der Waals surface area (Å²) in [5, 5.41) is 2.10. The Labute approximate surface area is 72.0 Å². The molecule has 0 aliphatic carbocycles. The van der Waals surface area contributed by atoms with Crippen LogP contribution in [0.15, 0.2) is 17.5 Å². The Morgan fingerprint density at radius 1 is 1.55 bits per heavy atom. The van der Waals surface area contributed by atoms with Crippen molar-refractivity contribution in [3.63, 3.8) is 0 Å². The van der Waals surface area contributed by atoms with Crippen molar-refractivity contribution in [2.75, 3.05) is 7.11 Å². The summed E-state index contributed by atoms with van der Waals surface area (Å²) in [5.41, 5.74) is -0.0230. The van der Waals surface area contributed by atoms with E-state index in [1.54, 1.807) is 18.4 Å². The van der Waals surface area contributed by atoms with Crippen LogP contribution in [0, 0.1) is 0 Å². The predicted octanol–water partition coefficient (Wildman–Crippen LogP) is 2.72. The highest BCUT2D eigenvalue weighted by Crippen LogP contribution is 2.19. The molecule has 62 valence electrons. The fourth-order valence-corrected chi connectivity index (χ4v) is 1.82. The van der Waals surface area contributed by atoms with Gasteiger partial charge in [0.1, 0.15) is 0 Å². The number of thiophene rings is 1. The summed E-state index contributed by atoms with van der Waals surface area (Å²) < 4.78 is 5.32. The van der Waals surface area contributed by atoms with E-state index >= 15 is 0 Å². The molecule has 0 atom stereocenters. The Bertz CT molecular complexity index is 201. The van der Waals surface area contributed by atoms with Gasteiger partial charge in [0.2, 0.25) is 0 Å². The first kappa shape index (κ1) is 8.75. The van der Waals surface area contributed by atoms with Gasteiger partial charge in [-0.05, 0) is 25.3 Å². The third-order valence-corrected chi connectivity index (χ3v) is 2.61. The van der Waals surface area contributed by atoms with Gasteiger partial charge in [0.05, 0.1) is 5.60 Å². The van der Waals surface area contributed by atoms with Gasteiger partial charge in [0.15, 0.2) is 0 Å². The maximum atomic E-state index is 5.32. The molecule has 1 aromatic heterocycles. The smallest absolute Gasteiger partial charge is 0.0670 e. The van der Waals surface area contributed by atoms with E-state index in [1.807, 2.05) is 0 Å². The van der Waals surface area contributed by atoms with E-state index in [-0.39, 0.29) is 5.60 Å². The fraction of sp³-hybridized carbons (Fsp3) is 0.556. The second-order valence-corrected chi connectivity index (χ2v) is 4.25. The second-order valence-electron chi connectivity index (χ2n) is 3.22. The van der Waals surface area contributed by atoms with Crippen LogP contribution >= 0.6 is 11.3 Å². The quantitative estimate of drug-likeness (QED) is 0.677. The Balaban J connectivity index is 2.56. The Kier molecular flexibility index (Phi) is 2.68. The molecule has 1 nitrogen and oxygen atoms in total. The van der Waals surface area contributed by atoms with Crippen molar-refractivity contribution in [3.8, 4) is 0 Å². The monoisotopic (exact) mass is 170 g/mol. The highest BCUT2D eigenvalue weighted by Gasteiger charge is 2.16. The van der Waals surface area contributed by atoms with Gasteiger partial charge >= 0.3 is 0 Å². The molecule has 0 N–H and O–H groups in total. The number of ether oxygens (including phenoxy) is 1. The van der Waals surface area contributed by atoms with Crippen LogP contribution in [-0.4, -0.2) is 12.7 Å². The number of hydrogen-bond acceptors (Lipinski definition) is 2. The third-order valence-electron chi connectivity index (χ3n) is 1.73. The third kappa shape index (κ3) is 2.64. The van der Waals surface area contributed by atoms with Gasteiger partial charge < -0.3 is 4.74 Å². The van der Waals surface area contributed by atoms with Crippen LogP contribution < -0.4 is 0 Å². The average Bonchev–Trinajstić information content (AvgIpc) is 2.39. The molecule has 1 rings (SSSR count). The zero-order chi connectivity index (χ0) is 8.32. The summed E-state index contributed by atoms with van der Waals surface area (Å²) in [5.74, 6) is 0. The van der Waals surface area contributed by atoms with Crippen molar-refractivity contribution in [1.82, 2.24) is 0 Å². The Morgan fingerprint density at radius 3 is 2.73 bits per heavy atom. The normalized spacial score (nSPS) is 11.9. The molecular formula is C9H14OS. The van der Waals surface area contributed by atoms with E-state index in [0.717, 1.165) is 6.42 Å². The van der Waals surface area contributed by atoms with E-state index < -0.39 is 0 Å². The lowest BCUT2D eigenvalue weighted by molar-refractivity contribution is 0.0238. The maximum absolute atomic E-state index is 5.32. The molecular weight excluding hydrogens is 156 g/mol. The number of rotatable bonds is 3. The van der Waals surface area contributed by atoms with Crippen LogP contribution in [0.5, 0.6) is 0 Å². The van der Waals surface area contributed by atoms with E-state index in [2.05, 4.69) is 31.4 Å². The van der Waals surface area contributed by atoms with Crippen LogP contribution in [0.1, 0.15) is 18.7 Å². The van der Waals surface area contributed by atoms with Crippen LogP contribution in [-0.2, 0) is 11.2 Å². The first-order valence-electron chi connectivity index (χ1n) is 3.71. The molecule has 0 aromatic carbocycles. The summed E-state index contributed by atoms with van der Waals surface area (Å²) >= 11 is 1.79. The summed E-state index contributed by atoms with van der Waals surface area (Å²) in [6.07, 6.45) is 1.00. The minimum absolute atomic E-state index is 0.0230. The van der Waals surface area contributed by atoms with Gasteiger partial charge in [0.25, 0.3) is 0 Å². The molecule has 0 aliphatic heterocycles. The summed E-state index contributed by atoms with van der Waals surface area (Å²) in [4.78, 5) is 1.39. The van der Waals surface area contributed by atoms with E-state index in [9.17, 15) is 0 Å². The van der Waals surface area contributed by atoms with Gasteiger partial charge in [-0.2, -0.15) is 0 Å². The first-order valence-corrected chi connectivity index (χ1v) is 4.59. The van der Waals surface area contributed by atoms with Crippen molar-refractivity contribution < 1.29 is 4.74 Å². The molecule has 0 aliphatic rings. The molecule has 0 radical (unpaired) electrons. The molecule has 11 heavy (non-hydrogen) atoms. The van der Waals surface area contributed by atoms with Crippen LogP contribution in [0.25, 0.3) is 0 Å². The molecule has 0 fully saturated rings. The van der Waals surface area contributed by atoms with Crippen molar-refractivity contribution in [3.05, 3.63) is 22.4 Å². The maximum Gasteiger partial charge on any atom is 0.0670 e. The van der Waals surface area contributed by atoms with Gasteiger partial charge in [0, 0.05) is 18.4 Å². The van der Waals surface area contributed by atoms with Crippen LogP contribution in [0.3, 0.4) is 0 Å². The van der Waals surface area contributed by atoms with Crippen molar-refractivity contribution in [2.45, 2.75) is 25.9 Å². The molecule has 1 aromatic rings. The molecule has 0 unspecified atom stereocenters. The SMILES string of the molecule is COC(C)(C)Cc1cccs1. The lowest BCUT2D eigenvalue weighted by Gasteiger charge is -2.21. The molecule has 0 spiro atoms. The average molecular weight is 170 g/mol. The Morgan fingerprint density at radius 2 is 2.27 bits per heavy atom. The summed E-state index contributed by atoms with van der Waals surface area (Å²) in [7, 11) is 1.76. The number of methoxy groups -OCH3 is 1. The predicted molar refractivity (Wildman–Crippen MR) is 49.1 cm³/mol. The lowest BCUT2D eigenvalue weighted by atomic mass is 10.0. The van der Waals surface area contributed by atoms with Crippen LogP contribution in [0.2, 0.25) is 0 Å². The van der Waals surface area contributed by atoms with Gasteiger partial charge in [-0.3, -0.25) is 0 Å². The number of hydrogen-bond donors (Lipinski definition) is 0. The van der Waals surface area contributed by atoms with Gasteiger partial charge in [-0.15, -0.1) is 11.3 Å². The zero-order valence-electron chi connectivity index (χ0n) is 7.26. The van der Waals surface area contributed by atoms with Crippen molar-refractivity contribution in [2.24, 2.45) is 0 Å². The molecule has 2 heteroatoms. The van der Waals surface area contributed by atoms with E-state index in [0.29, 0.717) is 0 Å². The molecule has 0 amide bonds. The molecule has 0 saturated carbocycles. The highest BCUT2D eigenvalue weighted by molar-refractivity contribution is 7.09. The minimum Gasteiger partial charge on any atom is -0.378 e. The van der Waals surface area contributed by atoms with Crippen molar-refractivity contribution in [1.29, 1.82) is 0 Å². The molecule has 1 heterocycles.